The number of urea groups is 1. The lowest BCUT2D eigenvalue weighted by atomic mass is 10.0. The summed E-state index contributed by atoms with van der Waals surface area (Å²) in [6, 6.07) is 18.1. The van der Waals surface area contributed by atoms with Gasteiger partial charge in [-0.15, -0.1) is 0 Å². The highest BCUT2D eigenvalue weighted by atomic mass is 16.2. The molecule has 138 valence electrons. The van der Waals surface area contributed by atoms with E-state index in [0.29, 0.717) is 11.5 Å². The summed E-state index contributed by atoms with van der Waals surface area (Å²) in [5.74, 6) is 0.610. The number of rotatable bonds is 5. The molecule has 3 heterocycles. The van der Waals surface area contributed by atoms with Gasteiger partial charge in [0.2, 0.25) is 0 Å². The Labute approximate surface area is 161 Å². The third-order valence-electron chi connectivity index (χ3n) is 4.05. The third kappa shape index (κ3) is 4.01. The molecule has 0 saturated carbocycles. The van der Waals surface area contributed by atoms with Crippen molar-refractivity contribution in [2.75, 3.05) is 5.32 Å². The molecule has 0 saturated heterocycles. The molecule has 0 aliphatic heterocycles. The number of hydrogen-bond donors (Lipinski definition) is 2. The first-order valence-electron chi connectivity index (χ1n) is 8.64. The van der Waals surface area contributed by atoms with E-state index in [1.165, 1.54) is 11.0 Å². The number of pyridine rings is 2. The van der Waals surface area contributed by atoms with E-state index in [0.717, 1.165) is 11.3 Å². The smallest absolute Gasteiger partial charge is 0.320 e. The lowest BCUT2D eigenvalue weighted by Crippen LogP contribution is -2.33. The molecule has 28 heavy (non-hydrogen) atoms. The van der Waals surface area contributed by atoms with Crippen molar-refractivity contribution in [3.05, 3.63) is 97.0 Å². The average Bonchev–Trinajstić information content (AvgIpc) is 3.29. The molecular weight excluding hydrogens is 354 g/mol. The van der Waals surface area contributed by atoms with E-state index < -0.39 is 0 Å². The zero-order valence-corrected chi connectivity index (χ0v) is 14.8. The largest absolute Gasteiger partial charge is 0.325 e. The number of carbonyl (C=O) groups excluding carboxylic acids is 1. The van der Waals surface area contributed by atoms with Crippen LogP contribution in [0, 0.1) is 0 Å². The fourth-order valence-electron chi connectivity index (χ4n) is 2.74. The highest BCUT2D eigenvalue weighted by Gasteiger charge is 2.18. The fourth-order valence-corrected chi connectivity index (χ4v) is 2.74. The molecule has 8 nitrogen and oxygen atoms in total. The van der Waals surface area contributed by atoms with E-state index in [1.807, 2.05) is 48.5 Å². The Morgan fingerprint density at radius 3 is 2.50 bits per heavy atom. The maximum atomic E-state index is 12.6. The molecule has 0 fully saturated rings. The lowest BCUT2D eigenvalue weighted by molar-refractivity contribution is 0.250. The first-order valence-corrected chi connectivity index (χ1v) is 8.64. The Balaban J connectivity index is 1.49. The highest BCUT2D eigenvalue weighted by molar-refractivity contribution is 5.89. The second kappa shape index (κ2) is 8.09. The van der Waals surface area contributed by atoms with Gasteiger partial charge in [-0.2, -0.15) is 5.10 Å². The minimum Gasteiger partial charge on any atom is -0.325 e. The number of carbonyl (C=O) groups is 1. The number of hydrogen-bond acceptors (Lipinski definition) is 5. The van der Waals surface area contributed by atoms with Gasteiger partial charge in [0.25, 0.3) is 0 Å². The van der Waals surface area contributed by atoms with Crippen LogP contribution in [0.1, 0.15) is 17.3 Å². The minimum absolute atomic E-state index is 0.352. The first kappa shape index (κ1) is 17.3. The number of amides is 2. The van der Waals surface area contributed by atoms with Crippen LogP contribution in [0.4, 0.5) is 10.5 Å². The number of nitrogens with zero attached hydrogens (tertiary/aromatic N) is 5. The van der Waals surface area contributed by atoms with Crippen LogP contribution < -0.4 is 10.6 Å². The molecule has 4 rings (SSSR count). The van der Waals surface area contributed by atoms with Crippen molar-refractivity contribution in [2.24, 2.45) is 0 Å². The van der Waals surface area contributed by atoms with Gasteiger partial charge in [0.1, 0.15) is 12.7 Å². The molecule has 8 heteroatoms. The van der Waals surface area contributed by atoms with Crippen molar-refractivity contribution in [3.63, 3.8) is 0 Å². The second-order valence-electron chi connectivity index (χ2n) is 5.94. The summed E-state index contributed by atoms with van der Waals surface area (Å²) in [6.07, 6.45) is 6.26. The normalized spacial score (nSPS) is 11.6. The van der Waals surface area contributed by atoms with E-state index in [9.17, 15) is 4.79 Å². The lowest BCUT2D eigenvalue weighted by Gasteiger charge is -2.19. The van der Waals surface area contributed by atoms with Crippen LogP contribution in [0.2, 0.25) is 0 Å². The van der Waals surface area contributed by atoms with Crippen molar-refractivity contribution < 1.29 is 4.79 Å². The molecule has 2 amide bonds. The van der Waals surface area contributed by atoms with Crippen LogP contribution in [-0.4, -0.2) is 30.8 Å². The Morgan fingerprint density at radius 1 is 0.964 bits per heavy atom. The predicted octanol–water partition coefficient (Wildman–Crippen LogP) is 2.97. The van der Waals surface area contributed by atoms with Crippen LogP contribution >= 0.6 is 0 Å². The number of anilines is 1. The SMILES string of the molecule is O=C(Nc1ccc(-n2cncn2)nc1)NC(c1ccccc1)c1ccccn1. The monoisotopic (exact) mass is 371 g/mol. The van der Waals surface area contributed by atoms with Gasteiger partial charge in [-0.05, 0) is 29.8 Å². The Kier molecular flexibility index (Phi) is 5.01. The van der Waals surface area contributed by atoms with Gasteiger partial charge in [0, 0.05) is 6.20 Å². The van der Waals surface area contributed by atoms with Gasteiger partial charge in [-0.25, -0.2) is 19.4 Å². The molecule has 0 spiro atoms. The maximum Gasteiger partial charge on any atom is 0.320 e. The predicted molar refractivity (Wildman–Crippen MR) is 104 cm³/mol. The van der Waals surface area contributed by atoms with E-state index in [1.54, 1.807) is 30.9 Å². The zero-order valence-electron chi connectivity index (χ0n) is 14.8. The highest BCUT2D eigenvalue weighted by Crippen LogP contribution is 2.20. The third-order valence-corrected chi connectivity index (χ3v) is 4.05. The van der Waals surface area contributed by atoms with Gasteiger partial charge in [0.05, 0.1) is 23.6 Å². The molecule has 0 aliphatic carbocycles. The summed E-state index contributed by atoms with van der Waals surface area (Å²) in [5.41, 5.74) is 2.26. The van der Waals surface area contributed by atoms with E-state index in [4.69, 9.17) is 0 Å². The summed E-state index contributed by atoms with van der Waals surface area (Å²) < 4.78 is 1.54. The molecule has 3 aromatic heterocycles. The van der Waals surface area contributed by atoms with Crippen LogP contribution in [0.5, 0.6) is 0 Å². The molecule has 0 aliphatic rings. The first-order chi connectivity index (χ1) is 13.8. The second-order valence-corrected chi connectivity index (χ2v) is 5.94. The summed E-state index contributed by atoms with van der Waals surface area (Å²) in [7, 11) is 0. The van der Waals surface area contributed by atoms with Crippen molar-refractivity contribution in [2.45, 2.75) is 6.04 Å². The van der Waals surface area contributed by atoms with E-state index in [-0.39, 0.29) is 12.1 Å². The maximum absolute atomic E-state index is 12.6. The van der Waals surface area contributed by atoms with Crippen molar-refractivity contribution in [1.29, 1.82) is 0 Å². The Bertz CT molecular complexity index is 980. The zero-order chi connectivity index (χ0) is 19.2. The number of benzene rings is 1. The van der Waals surface area contributed by atoms with E-state index in [2.05, 4.69) is 30.7 Å². The molecular formula is C20H17N7O. The van der Waals surface area contributed by atoms with Crippen LogP contribution in [-0.2, 0) is 0 Å². The van der Waals surface area contributed by atoms with Crippen LogP contribution in [0.15, 0.2) is 85.7 Å². The Hall–Kier alpha value is -4.07. The van der Waals surface area contributed by atoms with Crippen molar-refractivity contribution in [1.82, 2.24) is 30.0 Å². The topological polar surface area (TPSA) is 97.6 Å². The van der Waals surface area contributed by atoms with Gasteiger partial charge >= 0.3 is 6.03 Å². The molecule has 1 unspecified atom stereocenters. The molecule has 0 radical (unpaired) electrons. The van der Waals surface area contributed by atoms with E-state index >= 15 is 0 Å². The quantitative estimate of drug-likeness (QED) is 0.562. The minimum atomic E-state index is -0.371. The van der Waals surface area contributed by atoms with Crippen LogP contribution in [0.3, 0.4) is 0 Å². The van der Waals surface area contributed by atoms with Gasteiger partial charge in [-0.1, -0.05) is 36.4 Å². The molecule has 4 aromatic rings. The van der Waals surface area contributed by atoms with Crippen molar-refractivity contribution in [3.8, 4) is 5.82 Å². The standard InChI is InChI=1S/C20H17N7O/c28-20(25-16-9-10-18(23-12-16)27-14-21-13-24-27)26-19(15-6-2-1-3-7-15)17-8-4-5-11-22-17/h1-14,19H,(H2,25,26,28). The van der Waals surface area contributed by atoms with Gasteiger partial charge in [0.15, 0.2) is 5.82 Å². The van der Waals surface area contributed by atoms with Gasteiger partial charge in [-0.3, -0.25) is 4.98 Å². The molecule has 2 N–H and O–H groups in total. The fraction of sp³-hybridized carbons (Fsp3) is 0.0500. The summed E-state index contributed by atoms with van der Waals surface area (Å²) in [6.45, 7) is 0. The van der Waals surface area contributed by atoms with Gasteiger partial charge < -0.3 is 10.6 Å². The summed E-state index contributed by atoms with van der Waals surface area (Å²) in [5, 5.41) is 9.79. The molecule has 1 aromatic carbocycles. The number of aromatic nitrogens is 5. The Morgan fingerprint density at radius 2 is 1.82 bits per heavy atom. The van der Waals surface area contributed by atoms with Crippen LogP contribution in [0.25, 0.3) is 5.82 Å². The molecule has 0 bridgehead atoms. The summed E-state index contributed by atoms with van der Waals surface area (Å²) in [4.78, 5) is 25.1. The molecule has 1 atom stereocenters. The van der Waals surface area contributed by atoms with Crippen molar-refractivity contribution >= 4 is 11.7 Å². The number of nitrogens with one attached hydrogen (secondary N) is 2. The average molecular weight is 371 g/mol. The summed E-state index contributed by atoms with van der Waals surface area (Å²) >= 11 is 0.